The van der Waals surface area contributed by atoms with E-state index in [0.717, 1.165) is 17.9 Å². The normalized spacial score (nSPS) is 19.2. The molecule has 172 valence electrons. The first kappa shape index (κ1) is 23.4. The third-order valence-electron chi connectivity index (χ3n) is 6.96. The zero-order chi connectivity index (χ0) is 23.0. The van der Waals surface area contributed by atoms with Crippen molar-refractivity contribution in [3.8, 4) is 22.3 Å². The fraction of sp³-hybridized carbons (Fsp3) is 0.355. The van der Waals surface area contributed by atoms with Crippen molar-refractivity contribution in [1.29, 1.82) is 0 Å². The maximum absolute atomic E-state index is 13.7. The van der Waals surface area contributed by atoms with Crippen molar-refractivity contribution in [2.75, 3.05) is 0 Å². The monoisotopic (exact) mass is 442 g/mol. The van der Waals surface area contributed by atoms with Gasteiger partial charge in [0, 0.05) is 6.42 Å². The van der Waals surface area contributed by atoms with E-state index in [2.05, 4.69) is 79.4 Å². The lowest BCUT2D eigenvalue weighted by Gasteiger charge is -2.30. The fourth-order valence-corrected chi connectivity index (χ4v) is 5.02. The van der Waals surface area contributed by atoms with Crippen molar-refractivity contribution in [1.82, 2.24) is 0 Å². The van der Waals surface area contributed by atoms with E-state index in [1.807, 2.05) is 6.07 Å². The molecule has 1 nitrogen and oxygen atoms in total. The Bertz CT molecular complexity index is 1020. The van der Waals surface area contributed by atoms with Crippen molar-refractivity contribution >= 4 is 0 Å². The molecule has 1 aliphatic carbocycles. The number of halogens is 1. The van der Waals surface area contributed by atoms with Gasteiger partial charge in [-0.05, 0) is 77.3 Å². The quantitative estimate of drug-likeness (QED) is 0.300. The highest BCUT2D eigenvalue weighted by Crippen LogP contribution is 2.41. The van der Waals surface area contributed by atoms with Crippen LogP contribution in [0.2, 0.25) is 0 Å². The number of alkyl halides is 1. The van der Waals surface area contributed by atoms with Crippen LogP contribution in [-0.4, -0.2) is 6.36 Å². The maximum Gasteiger partial charge on any atom is 0.198 e. The molecule has 0 radical (unpaired) electrons. The molecule has 1 atom stereocenters. The zero-order valence-corrected chi connectivity index (χ0v) is 19.7. The van der Waals surface area contributed by atoms with Gasteiger partial charge < -0.3 is 4.74 Å². The van der Waals surface area contributed by atoms with Gasteiger partial charge in [0.25, 0.3) is 0 Å². The van der Waals surface area contributed by atoms with E-state index in [-0.39, 0.29) is 0 Å². The van der Waals surface area contributed by atoms with Gasteiger partial charge in [0.1, 0.15) is 0 Å². The predicted octanol–water partition coefficient (Wildman–Crippen LogP) is 9.09. The van der Waals surface area contributed by atoms with Crippen LogP contribution in [0.1, 0.15) is 62.5 Å². The summed E-state index contributed by atoms with van der Waals surface area (Å²) < 4.78 is 19.1. The maximum atomic E-state index is 13.7. The second-order valence-electron chi connectivity index (χ2n) is 9.24. The fourth-order valence-electron chi connectivity index (χ4n) is 5.02. The van der Waals surface area contributed by atoms with Crippen molar-refractivity contribution in [2.24, 2.45) is 5.92 Å². The Morgan fingerprint density at radius 2 is 1.58 bits per heavy atom. The average molecular weight is 443 g/mol. The third-order valence-corrected chi connectivity index (χ3v) is 6.96. The molecule has 0 spiro atoms. The Balaban J connectivity index is 1.61. The lowest BCUT2D eigenvalue weighted by atomic mass is 9.75. The summed E-state index contributed by atoms with van der Waals surface area (Å²) in [5.41, 5.74) is 7.42. The first-order valence-electron chi connectivity index (χ1n) is 12.3. The zero-order valence-electron chi connectivity index (χ0n) is 19.7. The highest BCUT2D eigenvalue weighted by molar-refractivity contribution is 5.73. The molecule has 1 unspecified atom stereocenters. The summed E-state index contributed by atoms with van der Waals surface area (Å²) in [7, 11) is 0. The number of ether oxygens (including phenoxy) is 1. The average Bonchev–Trinajstić information content (AvgIpc) is 2.88. The summed E-state index contributed by atoms with van der Waals surface area (Å²) in [5, 5.41) is 0. The van der Waals surface area contributed by atoms with Gasteiger partial charge >= 0.3 is 0 Å². The van der Waals surface area contributed by atoms with Gasteiger partial charge in [0.05, 0.1) is 6.61 Å². The molecule has 0 aromatic heterocycles. The van der Waals surface area contributed by atoms with Crippen molar-refractivity contribution in [2.45, 2.75) is 64.3 Å². The molecule has 0 saturated heterocycles. The third kappa shape index (κ3) is 6.00. The van der Waals surface area contributed by atoms with Gasteiger partial charge in [-0.25, -0.2) is 4.39 Å². The molecular formula is C31H35FO. The SMILES string of the molecule is C=CCC1CCC(c2cc(COC(F)CC)ccc2-c2ccc(-c3ccccc3)cc2)CC1. The van der Waals surface area contributed by atoms with Gasteiger partial charge in [0.2, 0.25) is 0 Å². The molecule has 3 aromatic carbocycles. The number of benzene rings is 3. The van der Waals surface area contributed by atoms with Crippen LogP contribution < -0.4 is 0 Å². The lowest BCUT2D eigenvalue weighted by Crippen LogP contribution is -2.14. The van der Waals surface area contributed by atoms with Crippen molar-refractivity contribution in [3.63, 3.8) is 0 Å². The molecular weight excluding hydrogens is 407 g/mol. The molecule has 1 fully saturated rings. The van der Waals surface area contributed by atoms with E-state index in [1.165, 1.54) is 53.5 Å². The van der Waals surface area contributed by atoms with Gasteiger partial charge in [-0.3, -0.25) is 0 Å². The lowest BCUT2D eigenvalue weighted by molar-refractivity contribution is -0.0504. The number of hydrogen-bond donors (Lipinski definition) is 0. The van der Waals surface area contributed by atoms with Gasteiger partial charge in [0.15, 0.2) is 6.36 Å². The van der Waals surface area contributed by atoms with Crippen LogP contribution >= 0.6 is 0 Å². The standard InChI is InChI=1S/C31H35FO/c1-3-8-23-11-14-28(15-12-23)30-21-24(22-33-31(32)4-2)13-20-29(30)27-18-16-26(17-19-27)25-9-6-5-7-10-25/h3,5-7,9-10,13,16-21,23,28,31H,1,4,8,11-12,14-15,22H2,2H3. The van der Waals surface area contributed by atoms with Gasteiger partial charge in [-0.1, -0.05) is 85.8 Å². The second kappa shape index (κ2) is 11.4. The Labute approximate surface area is 198 Å². The van der Waals surface area contributed by atoms with Crippen LogP contribution in [0.4, 0.5) is 4.39 Å². The van der Waals surface area contributed by atoms with Crippen molar-refractivity contribution in [3.05, 3.63) is 96.6 Å². The van der Waals surface area contributed by atoms with Crippen LogP contribution in [0.25, 0.3) is 22.3 Å². The van der Waals surface area contributed by atoms with E-state index in [0.29, 0.717) is 18.9 Å². The molecule has 2 heteroatoms. The number of rotatable bonds is 9. The van der Waals surface area contributed by atoms with E-state index < -0.39 is 6.36 Å². The van der Waals surface area contributed by atoms with Crippen LogP contribution in [-0.2, 0) is 11.3 Å². The molecule has 33 heavy (non-hydrogen) atoms. The minimum absolute atomic E-state index is 0.320. The molecule has 3 aromatic rings. The smallest absolute Gasteiger partial charge is 0.198 e. The Morgan fingerprint density at radius 1 is 0.909 bits per heavy atom. The summed E-state index contributed by atoms with van der Waals surface area (Å²) >= 11 is 0. The van der Waals surface area contributed by atoms with Crippen LogP contribution in [0.15, 0.2) is 85.5 Å². The summed E-state index contributed by atoms with van der Waals surface area (Å²) in [4.78, 5) is 0. The topological polar surface area (TPSA) is 9.23 Å². The van der Waals surface area contributed by atoms with E-state index >= 15 is 0 Å². The summed E-state index contributed by atoms with van der Waals surface area (Å²) in [6.45, 7) is 6.05. The first-order valence-corrected chi connectivity index (χ1v) is 12.3. The molecule has 0 N–H and O–H groups in total. The predicted molar refractivity (Wildman–Crippen MR) is 137 cm³/mol. The molecule has 1 saturated carbocycles. The van der Waals surface area contributed by atoms with E-state index in [1.54, 1.807) is 6.92 Å². The van der Waals surface area contributed by atoms with Gasteiger partial charge in [-0.2, -0.15) is 0 Å². The molecule has 0 heterocycles. The minimum Gasteiger partial charge on any atom is -0.343 e. The van der Waals surface area contributed by atoms with Crippen LogP contribution in [0.3, 0.4) is 0 Å². The molecule has 0 bridgehead atoms. The number of allylic oxidation sites excluding steroid dienone is 1. The molecule has 0 aliphatic heterocycles. The largest absolute Gasteiger partial charge is 0.343 e. The summed E-state index contributed by atoms with van der Waals surface area (Å²) in [6, 6.07) is 25.9. The minimum atomic E-state index is -1.20. The van der Waals surface area contributed by atoms with E-state index in [4.69, 9.17) is 4.74 Å². The highest BCUT2D eigenvalue weighted by Gasteiger charge is 2.24. The molecule has 0 amide bonds. The number of hydrogen-bond acceptors (Lipinski definition) is 1. The second-order valence-corrected chi connectivity index (χ2v) is 9.24. The van der Waals surface area contributed by atoms with Gasteiger partial charge in [-0.15, -0.1) is 6.58 Å². The molecule has 1 aliphatic rings. The Morgan fingerprint density at radius 3 is 2.24 bits per heavy atom. The van der Waals surface area contributed by atoms with Crippen LogP contribution in [0, 0.1) is 5.92 Å². The summed E-state index contributed by atoms with van der Waals surface area (Å²) in [5.74, 6) is 1.29. The Kier molecular flexibility index (Phi) is 8.12. The van der Waals surface area contributed by atoms with E-state index in [9.17, 15) is 4.39 Å². The first-order chi connectivity index (χ1) is 16.2. The Hall–Kier alpha value is -2.71. The summed E-state index contributed by atoms with van der Waals surface area (Å²) in [6.07, 6.45) is 7.22. The van der Waals surface area contributed by atoms with Crippen molar-refractivity contribution < 1.29 is 9.13 Å². The van der Waals surface area contributed by atoms with Crippen LogP contribution in [0.5, 0.6) is 0 Å². The molecule has 4 rings (SSSR count). The highest BCUT2D eigenvalue weighted by atomic mass is 19.1.